The van der Waals surface area contributed by atoms with Crippen LogP contribution in [0.25, 0.3) is 0 Å². The number of likely N-dealkylation sites (N-methyl/N-ethyl adjacent to an activating group) is 1. The van der Waals surface area contributed by atoms with Crippen LogP contribution < -0.4 is 11.1 Å². The van der Waals surface area contributed by atoms with Gasteiger partial charge in [0.05, 0.1) is 11.5 Å². The first-order valence-electron chi connectivity index (χ1n) is 7.69. The molecular weight excluding hydrogens is 262 g/mol. The number of carbonyl (C=O) groups excluding carboxylic acids is 1. The van der Waals surface area contributed by atoms with Crippen LogP contribution in [0.1, 0.15) is 38.3 Å². The Bertz CT molecular complexity index is 419. The molecule has 0 saturated carbocycles. The highest BCUT2D eigenvalue weighted by atomic mass is 16.2. The third-order valence-corrected chi connectivity index (χ3v) is 4.28. The van der Waals surface area contributed by atoms with E-state index >= 15 is 0 Å². The van der Waals surface area contributed by atoms with Crippen molar-refractivity contribution >= 4 is 5.91 Å². The molecule has 4 heteroatoms. The van der Waals surface area contributed by atoms with E-state index in [4.69, 9.17) is 5.73 Å². The van der Waals surface area contributed by atoms with E-state index < -0.39 is 5.41 Å². The lowest BCUT2D eigenvalue weighted by atomic mass is 9.81. The van der Waals surface area contributed by atoms with Crippen molar-refractivity contribution in [2.45, 2.75) is 32.7 Å². The number of benzene rings is 1. The maximum atomic E-state index is 12.7. The van der Waals surface area contributed by atoms with E-state index in [2.05, 4.69) is 22.3 Å². The number of nitrogens with one attached hydrogen (secondary N) is 1. The first-order chi connectivity index (χ1) is 9.99. The van der Waals surface area contributed by atoms with Crippen molar-refractivity contribution in [1.82, 2.24) is 10.2 Å². The van der Waals surface area contributed by atoms with Crippen LogP contribution in [0.4, 0.5) is 0 Å². The number of nitrogens with two attached hydrogens (primary N) is 1. The second-order valence-corrected chi connectivity index (χ2v) is 5.89. The van der Waals surface area contributed by atoms with Crippen LogP contribution in [0.2, 0.25) is 0 Å². The molecule has 1 rings (SSSR count). The van der Waals surface area contributed by atoms with E-state index in [1.165, 1.54) is 0 Å². The minimum absolute atomic E-state index is 0.0160. The van der Waals surface area contributed by atoms with Gasteiger partial charge in [0.2, 0.25) is 5.91 Å². The second-order valence-electron chi connectivity index (χ2n) is 5.89. The van der Waals surface area contributed by atoms with Crippen LogP contribution in [-0.4, -0.2) is 38.0 Å². The Morgan fingerprint density at radius 2 is 1.81 bits per heavy atom. The van der Waals surface area contributed by atoms with Crippen molar-refractivity contribution in [2.75, 3.05) is 27.2 Å². The summed E-state index contributed by atoms with van der Waals surface area (Å²) in [4.78, 5) is 14.8. The Morgan fingerprint density at radius 1 is 1.24 bits per heavy atom. The molecule has 1 aromatic carbocycles. The zero-order chi connectivity index (χ0) is 15.9. The molecule has 21 heavy (non-hydrogen) atoms. The van der Waals surface area contributed by atoms with Crippen LogP contribution in [0.3, 0.4) is 0 Å². The maximum absolute atomic E-state index is 12.7. The van der Waals surface area contributed by atoms with E-state index in [0.717, 1.165) is 24.9 Å². The summed E-state index contributed by atoms with van der Waals surface area (Å²) in [6.45, 7) is 5.21. The standard InChI is InChI=1S/C17H29N3O/c1-5-17(6-2,13-18)16(21)19-15(12-20(3)4)14-10-8-7-9-11-14/h7-11,15H,5-6,12-13,18H2,1-4H3,(H,19,21). The molecular formula is C17H29N3O. The molecule has 0 aliphatic heterocycles. The number of nitrogens with zero attached hydrogens (tertiary/aromatic N) is 1. The zero-order valence-electron chi connectivity index (χ0n) is 13.7. The Hall–Kier alpha value is -1.39. The lowest BCUT2D eigenvalue weighted by Gasteiger charge is -2.32. The molecule has 118 valence electrons. The van der Waals surface area contributed by atoms with Gasteiger partial charge < -0.3 is 16.0 Å². The number of amides is 1. The van der Waals surface area contributed by atoms with Gasteiger partial charge in [0.15, 0.2) is 0 Å². The quantitative estimate of drug-likeness (QED) is 0.772. The summed E-state index contributed by atoms with van der Waals surface area (Å²) in [5, 5.41) is 3.20. The predicted octanol–water partition coefficient (Wildman–Crippen LogP) is 2.17. The molecule has 0 aliphatic rings. The van der Waals surface area contributed by atoms with Gasteiger partial charge >= 0.3 is 0 Å². The molecule has 0 aliphatic carbocycles. The van der Waals surface area contributed by atoms with Crippen molar-refractivity contribution in [1.29, 1.82) is 0 Å². The highest BCUT2D eigenvalue weighted by molar-refractivity contribution is 5.83. The summed E-state index contributed by atoms with van der Waals surface area (Å²) in [5.41, 5.74) is 6.54. The molecule has 0 bridgehead atoms. The number of hydrogen-bond acceptors (Lipinski definition) is 3. The molecule has 0 spiro atoms. The monoisotopic (exact) mass is 291 g/mol. The maximum Gasteiger partial charge on any atom is 0.228 e. The van der Waals surface area contributed by atoms with Crippen molar-refractivity contribution in [3.8, 4) is 0 Å². The largest absolute Gasteiger partial charge is 0.347 e. The van der Waals surface area contributed by atoms with Crippen molar-refractivity contribution in [2.24, 2.45) is 11.1 Å². The van der Waals surface area contributed by atoms with Gasteiger partial charge in [0.25, 0.3) is 0 Å². The molecule has 1 atom stereocenters. The molecule has 0 saturated heterocycles. The van der Waals surface area contributed by atoms with Gasteiger partial charge in [-0.1, -0.05) is 44.2 Å². The lowest BCUT2D eigenvalue weighted by Crippen LogP contribution is -2.48. The Balaban J connectivity index is 2.94. The van der Waals surface area contributed by atoms with Gasteiger partial charge in [0.1, 0.15) is 0 Å². The topological polar surface area (TPSA) is 58.4 Å². The lowest BCUT2D eigenvalue weighted by molar-refractivity contribution is -0.132. The van der Waals surface area contributed by atoms with Gasteiger partial charge in [-0.15, -0.1) is 0 Å². The summed E-state index contributed by atoms with van der Waals surface area (Å²) in [6.07, 6.45) is 1.52. The van der Waals surface area contributed by atoms with Crippen LogP contribution in [0.5, 0.6) is 0 Å². The third kappa shape index (κ3) is 4.55. The van der Waals surface area contributed by atoms with E-state index in [-0.39, 0.29) is 11.9 Å². The van der Waals surface area contributed by atoms with E-state index in [9.17, 15) is 4.79 Å². The molecule has 1 unspecified atom stereocenters. The second kappa shape index (κ2) is 8.15. The van der Waals surface area contributed by atoms with Crippen LogP contribution >= 0.6 is 0 Å². The fraction of sp³-hybridized carbons (Fsp3) is 0.588. The van der Waals surface area contributed by atoms with Crippen molar-refractivity contribution in [3.63, 3.8) is 0 Å². The van der Waals surface area contributed by atoms with Crippen LogP contribution in [0, 0.1) is 5.41 Å². The van der Waals surface area contributed by atoms with E-state index in [1.54, 1.807) is 0 Å². The molecule has 1 aromatic rings. The Morgan fingerprint density at radius 3 is 2.24 bits per heavy atom. The van der Waals surface area contributed by atoms with Crippen LogP contribution in [-0.2, 0) is 4.79 Å². The van der Waals surface area contributed by atoms with Crippen molar-refractivity contribution < 1.29 is 4.79 Å². The van der Waals surface area contributed by atoms with Gasteiger partial charge in [-0.2, -0.15) is 0 Å². The summed E-state index contributed by atoms with van der Waals surface area (Å²) in [6, 6.07) is 10.1. The molecule has 0 radical (unpaired) electrons. The number of carbonyl (C=O) groups is 1. The summed E-state index contributed by atoms with van der Waals surface area (Å²) in [5.74, 6) is 0.0608. The average Bonchev–Trinajstić information content (AvgIpc) is 2.49. The summed E-state index contributed by atoms with van der Waals surface area (Å²) >= 11 is 0. The molecule has 1 amide bonds. The highest BCUT2D eigenvalue weighted by Crippen LogP contribution is 2.26. The molecule has 4 nitrogen and oxygen atoms in total. The highest BCUT2D eigenvalue weighted by Gasteiger charge is 2.34. The SMILES string of the molecule is CCC(CC)(CN)C(=O)NC(CN(C)C)c1ccccc1. The molecule has 3 N–H and O–H groups in total. The third-order valence-electron chi connectivity index (χ3n) is 4.28. The normalized spacial score (nSPS) is 13.2. The van der Waals surface area contributed by atoms with Gasteiger partial charge in [-0.25, -0.2) is 0 Å². The minimum atomic E-state index is -0.459. The fourth-order valence-corrected chi connectivity index (χ4v) is 2.55. The number of hydrogen-bond donors (Lipinski definition) is 2. The first kappa shape index (κ1) is 17.7. The Labute approximate surface area is 128 Å². The minimum Gasteiger partial charge on any atom is -0.347 e. The fourth-order valence-electron chi connectivity index (χ4n) is 2.55. The Kier molecular flexibility index (Phi) is 6.85. The van der Waals surface area contributed by atoms with Crippen LogP contribution in [0.15, 0.2) is 30.3 Å². The first-order valence-corrected chi connectivity index (χ1v) is 7.69. The van der Waals surface area contributed by atoms with Gasteiger partial charge in [-0.3, -0.25) is 4.79 Å². The van der Waals surface area contributed by atoms with E-state index in [1.807, 2.05) is 46.1 Å². The van der Waals surface area contributed by atoms with Crippen molar-refractivity contribution in [3.05, 3.63) is 35.9 Å². The zero-order valence-corrected chi connectivity index (χ0v) is 13.7. The van der Waals surface area contributed by atoms with Gasteiger partial charge in [0, 0.05) is 13.1 Å². The summed E-state index contributed by atoms with van der Waals surface area (Å²) < 4.78 is 0. The predicted molar refractivity (Wildman–Crippen MR) is 87.9 cm³/mol. The smallest absolute Gasteiger partial charge is 0.228 e. The number of rotatable bonds is 8. The molecule has 0 heterocycles. The molecule has 0 fully saturated rings. The average molecular weight is 291 g/mol. The molecule has 0 aromatic heterocycles. The summed E-state index contributed by atoms with van der Waals surface area (Å²) in [7, 11) is 4.02. The van der Waals surface area contributed by atoms with E-state index in [0.29, 0.717) is 6.54 Å². The van der Waals surface area contributed by atoms with Gasteiger partial charge in [-0.05, 0) is 32.5 Å².